The molecular weight excluding hydrogens is 523 g/mol. The van der Waals surface area contributed by atoms with Gasteiger partial charge in [-0.05, 0) is 57.9 Å². The number of ether oxygens (including phenoxy) is 1. The van der Waals surface area contributed by atoms with Crippen LogP contribution < -0.4 is 5.32 Å². The smallest absolute Gasteiger partial charge is 0.419 e. The van der Waals surface area contributed by atoms with Gasteiger partial charge in [-0.15, -0.1) is 0 Å². The summed E-state index contributed by atoms with van der Waals surface area (Å²) in [6, 6.07) is 5.36. The number of piperidine rings is 1. The van der Waals surface area contributed by atoms with Crippen molar-refractivity contribution in [2.75, 3.05) is 18.4 Å². The molecule has 0 spiro atoms. The van der Waals surface area contributed by atoms with Gasteiger partial charge in [0, 0.05) is 60.8 Å². The molecule has 8 nitrogen and oxygen atoms in total. The number of hydrogen-bond acceptors (Lipinski definition) is 6. The van der Waals surface area contributed by atoms with E-state index < -0.39 is 23.4 Å². The minimum Gasteiger partial charge on any atom is -0.444 e. The number of carbonyl (C=O) groups excluding carboxylic acids is 2. The molecule has 11 heteroatoms. The molecule has 1 aromatic carbocycles. The summed E-state index contributed by atoms with van der Waals surface area (Å²) in [6.45, 7) is 6.26. The van der Waals surface area contributed by atoms with Crippen LogP contribution in [0.3, 0.4) is 0 Å². The van der Waals surface area contributed by atoms with Gasteiger partial charge >= 0.3 is 12.3 Å². The van der Waals surface area contributed by atoms with E-state index >= 15 is 0 Å². The molecule has 5 rings (SSSR count). The number of H-pyrrole nitrogens is 1. The number of amides is 1. The molecule has 3 aromatic rings. The molecular formula is C29H34F3N5O3. The van der Waals surface area contributed by atoms with Gasteiger partial charge in [-0.2, -0.15) is 13.2 Å². The van der Waals surface area contributed by atoms with E-state index in [9.17, 15) is 22.8 Å². The molecule has 40 heavy (non-hydrogen) atoms. The van der Waals surface area contributed by atoms with Crippen molar-refractivity contribution in [3.05, 3.63) is 41.7 Å². The number of benzene rings is 1. The van der Waals surface area contributed by atoms with Crippen molar-refractivity contribution in [3.63, 3.8) is 0 Å². The number of aromatic nitrogens is 3. The Morgan fingerprint density at radius 3 is 2.60 bits per heavy atom. The van der Waals surface area contributed by atoms with Gasteiger partial charge in [0.1, 0.15) is 16.9 Å². The number of likely N-dealkylation sites (tertiary alicyclic amines) is 1. The summed E-state index contributed by atoms with van der Waals surface area (Å²) in [5, 5.41) is 3.78. The standard InChI is InChI=1S/C29H34F3N5O3/c1-28(2,3)40-27(39)37-13-5-6-18(16-37)35-26-34-15-23(29(30,31)32)25(36-26)22-14-33-24-20(7-4-8-21(22)24)17-9-11-19(38)12-10-17/h4,7-8,14-15,17-18,33H,5-6,9-13,16H2,1-3H3,(H,34,35,36)/t18-/m0/s1. The largest absolute Gasteiger partial charge is 0.444 e. The number of nitrogens with zero attached hydrogens (tertiary/aromatic N) is 3. The zero-order valence-electron chi connectivity index (χ0n) is 22.9. The SMILES string of the molecule is CC(C)(C)OC(=O)N1CCC[C@H](Nc2ncc(C(F)(F)F)c(-c3c[nH]c4c(C5CCC(=O)CC5)cccc34)n2)C1. The molecule has 0 unspecified atom stereocenters. The first kappa shape index (κ1) is 27.9. The number of aromatic amines is 1. The topological polar surface area (TPSA) is 100 Å². The lowest BCUT2D eigenvalue weighted by atomic mass is 9.82. The van der Waals surface area contributed by atoms with Gasteiger partial charge in [0.25, 0.3) is 0 Å². The van der Waals surface area contributed by atoms with Crippen molar-refractivity contribution in [3.8, 4) is 11.3 Å². The maximum Gasteiger partial charge on any atom is 0.419 e. The van der Waals surface area contributed by atoms with Crippen LogP contribution in [-0.2, 0) is 15.7 Å². The van der Waals surface area contributed by atoms with Crippen molar-refractivity contribution < 1.29 is 27.5 Å². The Morgan fingerprint density at radius 1 is 1.15 bits per heavy atom. The Morgan fingerprint density at radius 2 is 1.90 bits per heavy atom. The van der Waals surface area contributed by atoms with Crippen LogP contribution in [0.25, 0.3) is 22.2 Å². The molecule has 2 N–H and O–H groups in total. The molecule has 1 aliphatic carbocycles. The molecule has 0 radical (unpaired) electrons. The minimum absolute atomic E-state index is 0.0651. The predicted octanol–water partition coefficient (Wildman–Crippen LogP) is 6.68. The molecule has 1 aliphatic heterocycles. The van der Waals surface area contributed by atoms with Crippen LogP contribution in [0.4, 0.5) is 23.9 Å². The summed E-state index contributed by atoms with van der Waals surface area (Å²) < 4.78 is 47.8. The third-order valence-corrected chi connectivity index (χ3v) is 7.49. The molecule has 0 bridgehead atoms. The van der Waals surface area contributed by atoms with Crippen LogP contribution in [0.15, 0.2) is 30.6 Å². The fourth-order valence-corrected chi connectivity index (χ4v) is 5.60. The fourth-order valence-electron chi connectivity index (χ4n) is 5.60. The third kappa shape index (κ3) is 6.08. The summed E-state index contributed by atoms with van der Waals surface area (Å²) in [4.78, 5) is 37.5. The Bertz CT molecular complexity index is 1400. The molecule has 3 heterocycles. The van der Waals surface area contributed by atoms with Gasteiger partial charge in [0.2, 0.25) is 5.95 Å². The number of para-hydroxylation sites is 1. The van der Waals surface area contributed by atoms with Gasteiger partial charge in [0.15, 0.2) is 0 Å². The molecule has 1 saturated heterocycles. The van der Waals surface area contributed by atoms with E-state index in [0.29, 0.717) is 49.7 Å². The number of fused-ring (bicyclic) bond motifs is 1. The fraction of sp³-hybridized carbons (Fsp3) is 0.517. The number of Topliss-reactive ketones (excluding diaryl/α,β-unsaturated/α-hetero) is 1. The van der Waals surface area contributed by atoms with Crippen LogP contribution in [0.1, 0.15) is 76.3 Å². The highest BCUT2D eigenvalue weighted by Crippen LogP contribution is 2.41. The lowest BCUT2D eigenvalue weighted by Gasteiger charge is -2.34. The van der Waals surface area contributed by atoms with Gasteiger partial charge < -0.3 is 19.9 Å². The zero-order valence-corrected chi connectivity index (χ0v) is 22.9. The van der Waals surface area contributed by atoms with E-state index in [1.807, 2.05) is 12.1 Å². The lowest BCUT2D eigenvalue weighted by Crippen LogP contribution is -2.47. The maximum atomic E-state index is 14.1. The number of nitrogens with one attached hydrogen (secondary N) is 2. The van der Waals surface area contributed by atoms with E-state index in [1.165, 1.54) is 0 Å². The van der Waals surface area contributed by atoms with Crippen LogP contribution in [0.5, 0.6) is 0 Å². The lowest BCUT2D eigenvalue weighted by molar-refractivity contribution is -0.137. The van der Waals surface area contributed by atoms with Crippen molar-refractivity contribution in [1.29, 1.82) is 0 Å². The predicted molar refractivity (Wildman–Crippen MR) is 145 cm³/mol. The van der Waals surface area contributed by atoms with E-state index in [4.69, 9.17) is 4.74 Å². The molecule has 2 aliphatic rings. The normalized spacial score (nSPS) is 19.2. The quantitative estimate of drug-likeness (QED) is 0.371. The summed E-state index contributed by atoms with van der Waals surface area (Å²) in [7, 11) is 0. The van der Waals surface area contributed by atoms with Gasteiger partial charge in [-0.3, -0.25) is 4.79 Å². The average molecular weight is 558 g/mol. The van der Waals surface area contributed by atoms with E-state index in [0.717, 1.165) is 30.1 Å². The van der Waals surface area contributed by atoms with Crippen molar-refractivity contribution in [1.82, 2.24) is 19.9 Å². The van der Waals surface area contributed by atoms with E-state index in [1.54, 1.807) is 37.9 Å². The van der Waals surface area contributed by atoms with Crippen LogP contribution >= 0.6 is 0 Å². The second kappa shape index (κ2) is 10.7. The Balaban J connectivity index is 1.44. The molecule has 1 saturated carbocycles. The number of halogens is 3. The maximum absolute atomic E-state index is 14.1. The minimum atomic E-state index is -4.66. The number of anilines is 1. The number of hydrogen-bond donors (Lipinski definition) is 2. The van der Waals surface area contributed by atoms with Crippen LogP contribution in [-0.4, -0.2) is 56.5 Å². The van der Waals surface area contributed by atoms with Gasteiger partial charge in [-0.25, -0.2) is 14.8 Å². The van der Waals surface area contributed by atoms with E-state index in [2.05, 4.69) is 20.3 Å². The first-order valence-corrected chi connectivity index (χ1v) is 13.7. The van der Waals surface area contributed by atoms with Crippen LogP contribution in [0.2, 0.25) is 0 Å². The van der Waals surface area contributed by atoms with E-state index in [-0.39, 0.29) is 29.4 Å². The zero-order chi connectivity index (χ0) is 28.7. The highest BCUT2D eigenvalue weighted by Gasteiger charge is 2.37. The van der Waals surface area contributed by atoms with Gasteiger partial charge in [-0.1, -0.05) is 18.2 Å². The van der Waals surface area contributed by atoms with Crippen molar-refractivity contribution in [2.45, 2.75) is 83.0 Å². The molecule has 1 atom stereocenters. The number of rotatable bonds is 4. The highest BCUT2D eigenvalue weighted by atomic mass is 19.4. The number of carbonyl (C=O) groups is 2. The van der Waals surface area contributed by atoms with Gasteiger partial charge in [0.05, 0.1) is 5.69 Å². The van der Waals surface area contributed by atoms with Crippen molar-refractivity contribution in [2.24, 2.45) is 0 Å². The summed E-state index contributed by atoms with van der Waals surface area (Å²) >= 11 is 0. The van der Waals surface area contributed by atoms with Crippen LogP contribution in [0, 0.1) is 0 Å². The Kier molecular flexibility index (Phi) is 7.50. The third-order valence-electron chi connectivity index (χ3n) is 7.49. The summed E-state index contributed by atoms with van der Waals surface area (Å²) in [5.74, 6) is 0.478. The Hall–Kier alpha value is -3.63. The first-order valence-electron chi connectivity index (χ1n) is 13.7. The Labute approximate surface area is 230 Å². The monoisotopic (exact) mass is 557 g/mol. The molecule has 214 valence electrons. The first-order chi connectivity index (χ1) is 18.9. The number of ketones is 1. The second-order valence-electron chi connectivity index (χ2n) is 11.6. The second-order valence-corrected chi connectivity index (χ2v) is 11.6. The molecule has 2 aromatic heterocycles. The molecule has 2 fully saturated rings. The van der Waals surface area contributed by atoms with Crippen molar-refractivity contribution >= 4 is 28.7 Å². The molecule has 1 amide bonds. The summed E-state index contributed by atoms with van der Waals surface area (Å²) in [6.07, 6.45) is 1.19. The summed E-state index contributed by atoms with van der Waals surface area (Å²) in [5.41, 5.74) is 0.329. The number of alkyl halides is 3. The average Bonchev–Trinajstić information content (AvgIpc) is 3.32. The highest BCUT2D eigenvalue weighted by molar-refractivity contribution is 5.97.